The number of thiazole rings is 1. The van der Waals surface area contributed by atoms with Crippen LogP contribution in [0.1, 0.15) is 30.0 Å². The molecule has 4 rings (SSSR count). The number of nitrogens with zero attached hydrogens (tertiary/aromatic N) is 5. The highest BCUT2D eigenvalue weighted by Gasteiger charge is 2.22. The minimum atomic E-state index is 0.521. The molecule has 3 aromatic heterocycles. The minimum Gasteiger partial charge on any atom is -0.309 e. The van der Waals surface area contributed by atoms with Crippen molar-refractivity contribution in [3.63, 3.8) is 0 Å². The van der Waals surface area contributed by atoms with Gasteiger partial charge in [-0.15, -0.1) is 11.3 Å². The SMILES string of the molecule is c1cnc(Nc2cc(C3CCCN(Cc4cscn4)C3)ccn2)nc1. The molecule has 1 saturated heterocycles. The van der Waals surface area contributed by atoms with Crippen LogP contribution in [-0.4, -0.2) is 37.9 Å². The zero-order valence-corrected chi connectivity index (χ0v) is 14.7. The average Bonchev–Trinajstić information content (AvgIpc) is 3.16. The van der Waals surface area contributed by atoms with E-state index >= 15 is 0 Å². The Morgan fingerprint density at radius 1 is 1.16 bits per heavy atom. The van der Waals surface area contributed by atoms with Gasteiger partial charge in [-0.1, -0.05) is 0 Å². The second-order valence-corrected chi connectivity index (χ2v) is 6.94. The van der Waals surface area contributed by atoms with Crippen molar-refractivity contribution in [2.24, 2.45) is 0 Å². The summed E-state index contributed by atoms with van der Waals surface area (Å²) in [6, 6.07) is 6.04. The summed E-state index contributed by atoms with van der Waals surface area (Å²) in [6.07, 6.45) is 7.72. The summed E-state index contributed by atoms with van der Waals surface area (Å²) in [5.74, 6) is 1.88. The number of pyridine rings is 1. The van der Waals surface area contributed by atoms with Gasteiger partial charge in [-0.2, -0.15) is 0 Å². The number of aromatic nitrogens is 4. The van der Waals surface area contributed by atoms with Crippen molar-refractivity contribution >= 4 is 23.1 Å². The van der Waals surface area contributed by atoms with Gasteiger partial charge >= 0.3 is 0 Å². The molecule has 1 aliphatic rings. The van der Waals surface area contributed by atoms with Gasteiger partial charge < -0.3 is 5.32 Å². The van der Waals surface area contributed by atoms with Crippen LogP contribution in [0.5, 0.6) is 0 Å². The average molecular weight is 352 g/mol. The van der Waals surface area contributed by atoms with E-state index in [1.165, 1.54) is 24.1 Å². The quantitative estimate of drug-likeness (QED) is 0.759. The summed E-state index contributed by atoms with van der Waals surface area (Å²) in [7, 11) is 0. The van der Waals surface area contributed by atoms with Crippen molar-refractivity contribution in [1.82, 2.24) is 24.8 Å². The Bertz CT molecular complexity index is 792. The van der Waals surface area contributed by atoms with Crippen LogP contribution >= 0.6 is 11.3 Å². The molecule has 0 amide bonds. The molecule has 0 radical (unpaired) electrons. The van der Waals surface area contributed by atoms with Crippen LogP contribution in [0, 0.1) is 0 Å². The molecule has 1 N–H and O–H groups in total. The molecule has 1 aliphatic heterocycles. The van der Waals surface area contributed by atoms with Crippen LogP contribution < -0.4 is 5.32 Å². The van der Waals surface area contributed by atoms with Crippen LogP contribution in [0.15, 0.2) is 47.7 Å². The summed E-state index contributed by atoms with van der Waals surface area (Å²) in [4.78, 5) is 19.7. The van der Waals surface area contributed by atoms with E-state index in [9.17, 15) is 0 Å². The maximum absolute atomic E-state index is 4.41. The molecule has 25 heavy (non-hydrogen) atoms. The molecule has 0 aliphatic carbocycles. The van der Waals surface area contributed by atoms with E-state index in [0.29, 0.717) is 11.9 Å². The number of likely N-dealkylation sites (tertiary alicyclic amines) is 1. The molecule has 7 heteroatoms. The van der Waals surface area contributed by atoms with Crippen LogP contribution in [0.3, 0.4) is 0 Å². The van der Waals surface area contributed by atoms with Gasteiger partial charge in [0.25, 0.3) is 0 Å². The first-order valence-corrected chi connectivity index (χ1v) is 9.40. The topological polar surface area (TPSA) is 66.8 Å². The molecule has 4 heterocycles. The highest BCUT2D eigenvalue weighted by atomic mass is 32.1. The lowest BCUT2D eigenvalue weighted by molar-refractivity contribution is 0.198. The zero-order valence-electron chi connectivity index (χ0n) is 13.9. The Morgan fingerprint density at radius 3 is 2.92 bits per heavy atom. The summed E-state index contributed by atoms with van der Waals surface area (Å²) >= 11 is 1.66. The summed E-state index contributed by atoms with van der Waals surface area (Å²) in [5.41, 5.74) is 4.39. The molecule has 0 bridgehead atoms. The van der Waals surface area contributed by atoms with Gasteiger partial charge in [0.15, 0.2) is 0 Å². The number of hydrogen-bond acceptors (Lipinski definition) is 7. The lowest BCUT2D eigenvalue weighted by Gasteiger charge is -2.32. The predicted octanol–water partition coefficient (Wildman–Crippen LogP) is 3.45. The van der Waals surface area contributed by atoms with Gasteiger partial charge in [0.2, 0.25) is 5.95 Å². The second-order valence-electron chi connectivity index (χ2n) is 6.23. The van der Waals surface area contributed by atoms with Crippen LogP contribution in [-0.2, 0) is 6.54 Å². The molecule has 128 valence electrons. The number of piperidine rings is 1. The van der Waals surface area contributed by atoms with Crippen molar-refractivity contribution in [3.8, 4) is 0 Å². The van der Waals surface area contributed by atoms with E-state index in [2.05, 4.69) is 47.7 Å². The molecule has 1 unspecified atom stereocenters. The number of hydrogen-bond donors (Lipinski definition) is 1. The molecule has 1 fully saturated rings. The molecule has 0 spiro atoms. The highest BCUT2D eigenvalue weighted by Crippen LogP contribution is 2.29. The van der Waals surface area contributed by atoms with Gasteiger partial charge in [-0.3, -0.25) is 4.90 Å². The molecular formula is C18H20N6S. The molecule has 6 nitrogen and oxygen atoms in total. The molecule has 1 atom stereocenters. The number of nitrogens with one attached hydrogen (secondary N) is 1. The lowest BCUT2D eigenvalue weighted by Crippen LogP contribution is -2.34. The van der Waals surface area contributed by atoms with E-state index < -0.39 is 0 Å². The van der Waals surface area contributed by atoms with Gasteiger partial charge in [0, 0.05) is 37.1 Å². The van der Waals surface area contributed by atoms with E-state index in [1.807, 2.05) is 11.7 Å². The summed E-state index contributed by atoms with van der Waals surface area (Å²) < 4.78 is 0. The summed E-state index contributed by atoms with van der Waals surface area (Å²) in [5, 5.41) is 5.31. The first kappa shape index (κ1) is 16.1. The Balaban J connectivity index is 1.44. The van der Waals surface area contributed by atoms with Gasteiger partial charge in [0.05, 0.1) is 11.2 Å². The maximum atomic E-state index is 4.41. The summed E-state index contributed by atoms with van der Waals surface area (Å²) in [6.45, 7) is 3.14. The van der Waals surface area contributed by atoms with Crippen molar-refractivity contribution < 1.29 is 0 Å². The van der Waals surface area contributed by atoms with Crippen molar-refractivity contribution in [2.45, 2.75) is 25.3 Å². The first-order valence-electron chi connectivity index (χ1n) is 8.46. The third-order valence-corrected chi connectivity index (χ3v) is 5.07. The van der Waals surface area contributed by atoms with Crippen molar-refractivity contribution in [3.05, 3.63) is 58.9 Å². The molecule has 0 aromatic carbocycles. The number of rotatable bonds is 5. The van der Waals surface area contributed by atoms with E-state index in [0.717, 1.165) is 25.5 Å². The fourth-order valence-electron chi connectivity index (χ4n) is 3.26. The van der Waals surface area contributed by atoms with Gasteiger partial charge in [0.1, 0.15) is 5.82 Å². The maximum Gasteiger partial charge on any atom is 0.228 e. The Labute approximate surface area is 151 Å². The molecular weight excluding hydrogens is 332 g/mol. The first-order chi connectivity index (χ1) is 12.4. The standard InChI is InChI=1S/C18H20N6S/c1-3-15(10-24(8-1)11-16-12-25-13-22-16)14-4-7-19-17(9-14)23-18-20-5-2-6-21-18/h2,4-7,9,12-13,15H,1,3,8,10-11H2,(H,19,20,21,23). The zero-order chi connectivity index (χ0) is 16.9. The Morgan fingerprint density at radius 2 is 2.08 bits per heavy atom. The largest absolute Gasteiger partial charge is 0.309 e. The van der Waals surface area contributed by atoms with Gasteiger partial charge in [-0.25, -0.2) is 19.9 Å². The third-order valence-electron chi connectivity index (χ3n) is 4.44. The second kappa shape index (κ2) is 7.67. The predicted molar refractivity (Wildman–Crippen MR) is 98.9 cm³/mol. The smallest absolute Gasteiger partial charge is 0.228 e. The lowest BCUT2D eigenvalue weighted by atomic mass is 9.91. The van der Waals surface area contributed by atoms with E-state index in [1.54, 1.807) is 29.8 Å². The fraction of sp³-hybridized carbons (Fsp3) is 0.333. The Hall–Kier alpha value is -2.38. The fourth-order valence-corrected chi connectivity index (χ4v) is 3.81. The normalized spacial score (nSPS) is 18.2. The van der Waals surface area contributed by atoms with Crippen molar-refractivity contribution in [1.29, 1.82) is 0 Å². The van der Waals surface area contributed by atoms with Crippen molar-refractivity contribution in [2.75, 3.05) is 18.4 Å². The third kappa shape index (κ3) is 4.18. The highest BCUT2D eigenvalue weighted by molar-refractivity contribution is 7.07. The minimum absolute atomic E-state index is 0.521. The number of anilines is 2. The van der Waals surface area contributed by atoms with Crippen LogP contribution in [0.2, 0.25) is 0 Å². The molecule has 0 saturated carbocycles. The monoisotopic (exact) mass is 352 g/mol. The van der Waals surface area contributed by atoms with Gasteiger partial charge in [-0.05, 0) is 49.1 Å². The Kier molecular flexibility index (Phi) is 4.94. The van der Waals surface area contributed by atoms with Crippen LogP contribution in [0.25, 0.3) is 0 Å². The van der Waals surface area contributed by atoms with E-state index in [4.69, 9.17) is 0 Å². The molecule has 3 aromatic rings. The van der Waals surface area contributed by atoms with E-state index in [-0.39, 0.29) is 0 Å². The van der Waals surface area contributed by atoms with Crippen LogP contribution in [0.4, 0.5) is 11.8 Å².